The number of hydrogen-bond acceptors (Lipinski definition) is 4. The standard InChI is InChI=1S/C21H18F2N2O3/c1-13(12-26)24-21-17(20(28)16-8-7-14(22)11-18(16)23)9-10-19(27)25(21)15-5-3-2-4-6-15/h2-11,13,24,26H,12H2,1H3/t13-/m1/s1. The summed E-state index contributed by atoms with van der Waals surface area (Å²) in [6, 6.07) is 13.3. The van der Waals surface area contributed by atoms with Crippen molar-refractivity contribution >= 4 is 11.6 Å². The van der Waals surface area contributed by atoms with Crippen LogP contribution in [0.4, 0.5) is 14.6 Å². The van der Waals surface area contributed by atoms with E-state index >= 15 is 0 Å². The molecule has 5 nitrogen and oxygen atoms in total. The summed E-state index contributed by atoms with van der Waals surface area (Å²) in [4.78, 5) is 25.5. The van der Waals surface area contributed by atoms with E-state index in [0.717, 1.165) is 12.1 Å². The van der Waals surface area contributed by atoms with Gasteiger partial charge in [0.25, 0.3) is 5.56 Å². The molecule has 0 saturated carbocycles. The third-order valence-corrected chi connectivity index (χ3v) is 4.18. The Morgan fingerprint density at radius 1 is 1.07 bits per heavy atom. The first-order valence-corrected chi connectivity index (χ1v) is 8.61. The number of pyridine rings is 1. The van der Waals surface area contributed by atoms with Crippen molar-refractivity contribution in [3.05, 3.63) is 93.8 Å². The number of ketones is 1. The molecule has 2 aromatic carbocycles. The zero-order valence-corrected chi connectivity index (χ0v) is 15.0. The van der Waals surface area contributed by atoms with Crippen LogP contribution in [-0.2, 0) is 0 Å². The van der Waals surface area contributed by atoms with E-state index in [-0.39, 0.29) is 23.6 Å². The van der Waals surface area contributed by atoms with Gasteiger partial charge in [-0.05, 0) is 37.3 Å². The van der Waals surface area contributed by atoms with Gasteiger partial charge in [0.1, 0.15) is 17.5 Å². The Morgan fingerprint density at radius 3 is 2.39 bits per heavy atom. The van der Waals surface area contributed by atoms with E-state index in [9.17, 15) is 23.5 Å². The number of aliphatic hydroxyl groups is 1. The molecule has 0 aliphatic heterocycles. The average molecular weight is 384 g/mol. The molecule has 3 aromatic rings. The number of aromatic nitrogens is 1. The van der Waals surface area contributed by atoms with Crippen molar-refractivity contribution in [3.8, 4) is 5.69 Å². The van der Waals surface area contributed by atoms with Gasteiger partial charge >= 0.3 is 0 Å². The number of nitrogens with one attached hydrogen (secondary N) is 1. The second-order valence-electron chi connectivity index (χ2n) is 6.29. The van der Waals surface area contributed by atoms with Crippen LogP contribution >= 0.6 is 0 Å². The van der Waals surface area contributed by atoms with Crippen LogP contribution in [0.5, 0.6) is 0 Å². The number of benzene rings is 2. The van der Waals surface area contributed by atoms with E-state index in [0.29, 0.717) is 11.8 Å². The van der Waals surface area contributed by atoms with Crippen LogP contribution in [0.25, 0.3) is 5.69 Å². The van der Waals surface area contributed by atoms with Gasteiger partial charge in [0.05, 0.1) is 23.4 Å². The van der Waals surface area contributed by atoms with Crippen molar-refractivity contribution in [2.24, 2.45) is 0 Å². The maximum Gasteiger partial charge on any atom is 0.256 e. The van der Waals surface area contributed by atoms with Crippen LogP contribution in [0.1, 0.15) is 22.8 Å². The summed E-state index contributed by atoms with van der Waals surface area (Å²) >= 11 is 0. The highest BCUT2D eigenvalue weighted by molar-refractivity contribution is 6.12. The molecule has 0 aliphatic rings. The van der Waals surface area contributed by atoms with Crippen LogP contribution in [0.2, 0.25) is 0 Å². The molecule has 0 bridgehead atoms. The van der Waals surface area contributed by atoms with Gasteiger partial charge in [-0.15, -0.1) is 0 Å². The number of hydrogen-bond donors (Lipinski definition) is 2. The van der Waals surface area contributed by atoms with E-state index < -0.39 is 29.0 Å². The Bertz CT molecular complexity index is 1060. The molecule has 28 heavy (non-hydrogen) atoms. The molecule has 0 fully saturated rings. The van der Waals surface area contributed by atoms with Gasteiger partial charge in [-0.3, -0.25) is 14.2 Å². The fourth-order valence-corrected chi connectivity index (χ4v) is 2.80. The number of carbonyl (C=O) groups is 1. The third-order valence-electron chi connectivity index (χ3n) is 4.18. The summed E-state index contributed by atoms with van der Waals surface area (Å²) in [5, 5.41) is 12.4. The molecular formula is C21H18F2N2O3. The minimum Gasteiger partial charge on any atom is -0.394 e. The molecule has 2 N–H and O–H groups in total. The van der Waals surface area contributed by atoms with Crippen LogP contribution < -0.4 is 10.9 Å². The van der Waals surface area contributed by atoms with Gasteiger partial charge in [0, 0.05) is 18.2 Å². The van der Waals surface area contributed by atoms with Crippen molar-refractivity contribution in [2.45, 2.75) is 13.0 Å². The Labute approximate surface area is 159 Å². The SMILES string of the molecule is C[C@H](CO)Nc1c(C(=O)c2ccc(F)cc2F)ccc(=O)n1-c1ccccc1. The average Bonchev–Trinajstić information content (AvgIpc) is 2.68. The molecule has 1 heterocycles. The van der Waals surface area contributed by atoms with E-state index in [1.807, 2.05) is 0 Å². The topological polar surface area (TPSA) is 71.3 Å². The van der Waals surface area contributed by atoms with E-state index in [2.05, 4.69) is 5.32 Å². The summed E-state index contributed by atoms with van der Waals surface area (Å²) in [6.07, 6.45) is 0. The zero-order valence-electron chi connectivity index (χ0n) is 15.0. The molecular weight excluding hydrogens is 366 g/mol. The predicted molar refractivity (Wildman–Crippen MR) is 102 cm³/mol. The summed E-state index contributed by atoms with van der Waals surface area (Å²) in [6.45, 7) is 1.41. The quantitative estimate of drug-likeness (QED) is 0.641. The lowest BCUT2D eigenvalue weighted by Crippen LogP contribution is -2.29. The fourth-order valence-electron chi connectivity index (χ4n) is 2.80. The Morgan fingerprint density at radius 2 is 1.75 bits per heavy atom. The highest BCUT2D eigenvalue weighted by Crippen LogP contribution is 2.23. The Balaban J connectivity index is 2.23. The second kappa shape index (κ2) is 8.14. The summed E-state index contributed by atoms with van der Waals surface area (Å²) in [5.41, 5.74) is -0.210. The van der Waals surface area contributed by atoms with Gasteiger partial charge in [0.2, 0.25) is 0 Å². The van der Waals surface area contributed by atoms with Crippen LogP contribution in [-0.4, -0.2) is 28.1 Å². The number of para-hydroxylation sites is 1. The highest BCUT2D eigenvalue weighted by atomic mass is 19.1. The number of rotatable bonds is 6. The predicted octanol–water partition coefficient (Wildman–Crippen LogP) is 3.14. The summed E-state index contributed by atoms with van der Waals surface area (Å²) in [5.74, 6) is -2.39. The van der Waals surface area contributed by atoms with Gasteiger partial charge in [-0.25, -0.2) is 8.78 Å². The van der Waals surface area contributed by atoms with Crippen molar-refractivity contribution < 1.29 is 18.7 Å². The largest absolute Gasteiger partial charge is 0.394 e. The zero-order chi connectivity index (χ0) is 20.3. The van der Waals surface area contributed by atoms with Crippen LogP contribution in [0.15, 0.2) is 65.5 Å². The normalized spacial score (nSPS) is 11.9. The lowest BCUT2D eigenvalue weighted by Gasteiger charge is -2.21. The summed E-state index contributed by atoms with van der Waals surface area (Å²) < 4.78 is 28.7. The number of halogens is 2. The van der Waals surface area contributed by atoms with Gasteiger partial charge in [-0.2, -0.15) is 0 Å². The number of carbonyl (C=O) groups excluding carboxylic acids is 1. The van der Waals surface area contributed by atoms with Crippen LogP contribution in [0, 0.1) is 11.6 Å². The summed E-state index contributed by atoms with van der Waals surface area (Å²) in [7, 11) is 0. The minimum atomic E-state index is -0.997. The molecule has 144 valence electrons. The minimum absolute atomic E-state index is 0.0225. The molecule has 0 spiro atoms. The molecule has 7 heteroatoms. The first-order chi connectivity index (χ1) is 13.4. The van der Waals surface area contributed by atoms with Crippen molar-refractivity contribution in [2.75, 3.05) is 11.9 Å². The Hall–Kier alpha value is -3.32. The first kappa shape index (κ1) is 19.4. The van der Waals surface area contributed by atoms with Crippen molar-refractivity contribution in [1.82, 2.24) is 4.57 Å². The molecule has 1 aromatic heterocycles. The molecule has 0 unspecified atom stereocenters. The smallest absolute Gasteiger partial charge is 0.256 e. The molecule has 0 aliphatic carbocycles. The van der Waals surface area contributed by atoms with Crippen LogP contribution in [0.3, 0.4) is 0 Å². The van der Waals surface area contributed by atoms with E-state index in [1.54, 1.807) is 37.3 Å². The van der Waals surface area contributed by atoms with E-state index in [4.69, 9.17) is 0 Å². The number of anilines is 1. The van der Waals surface area contributed by atoms with Gasteiger partial charge < -0.3 is 10.4 Å². The lowest BCUT2D eigenvalue weighted by atomic mass is 10.0. The molecule has 3 rings (SSSR count). The van der Waals surface area contributed by atoms with Gasteiger partial charge in [-0.1, -0.05) is 18.2 Å². The second-order valence-corrected chi connectivity index (χ2v) is 6.29. The van der Waals surface area contributed by atoms with E-state index in [1.165, 1.54) is 16.7 Å². The van der Waals surface area contributed by atoms with Gasteiger partial charge in [0.15, 0.2) is 5.78 Å². The monoisotopic (exact) mass is 384 g/mol. The number of aliphatic hydroxyl groups excluding tert-OH is 1. The molecule has 0 amide bonds. The molecule has 0 radical (unpaired) electrons. The molecule has 0 saturated heterocycles. The molecule has 1 atom stereocenters. The maximum atomic E-state index is 14.2. The Kier molecular flexibility index (Phi) is 5.65. The van der Waals surface area contributed by atoms with Crippen molar-refractivity contribution in [1.29, 1.82) is 0 Å². The first-order valence-electron chi connectivity index (χ1n) is 8.61. The lowest BCUT2D eigenvalue weighted by molar-refractivity contribution is 0.103. The fraction of sp³-hybridized carbons (Fsp3) is 0.143. The highest BCUT2D eigenvalue weighted by Gasteiger charge is 2.22. The van der Waals surface area contributed by atoms with Crippen molar-refractivity contribution in [3.63, 3.8) is 0 Å². The number of nitrogens with zero attached hydrogens (tertiary/aromatic N) is 1. The maximum absolute atomic E-state index is 14.2. The third kappa shape index (κ3) is 3.84.